The fourth-order valence-electron chi connectivity index (χ4n) is 1.78. The molecule has 1 rings (SSSR count). The third-order valence-electron chi connectivity index (χ3n) is 2.71. The average molecular weight is 313 g/mol. The molecule has 0 fully saturated rings. The number of hydrogen-bond donors (Lipinski definition) is 3. The third kappa shape index (κ3) is 6.35. The molecule has 4 N–H and O–H groups in total. The molecule has 0 aliphatic rings. The Morgan fingerprint density at radius 2 is 2.24 bits per heavy atom. The van der Waals surface area contributed by atoms with Crippen molar-refractivity contribution in [1.82, 2.24) is 4.90 Å². The van der Waals surface area contributed by atoms with Gasteiger partial charge in [0.05, 0.1) is 0 Å². The molecule has 21 heavy (non-hydrogen) atoms. The van der Waals surface area contributed by atoms with E-state index in [2.05, 4.69) is 10.5 Å². The van der Waals surface area contributed by atoms with Crippen LogP contribution >= 0.6 is 11.6 Å². The Hall–Kier alpha value is -1.95. The van der Waals surface area contributed by atoms with E-state index in [0.717, 1.165) is 0 Å². The van der Waals surface area contributed by atoms with Crippen LogP contribution in [-0.2, 0) is 0 Å². The number of urea groups is 1. The van der Waals surface area contributed by atoms with Crippen molar-refractivity contribution < 1.29 is 10.0 Å². The smallest absolute Gasteiger partial charge is 0.321 e. The van der Waals surface area contributed by atoms with E-state index in [-0.39, 0.29) is 11.9 Å². The fraction of sp³-hybridized carbons (Fsp3) is 0.429. The molecule has 6 nitrogen and oxygen atoms in total. The number of nitrogens with two attached hydrogens (primary N) is 1. The van der Waals surface area contributed by atoms with Crippen LogP contribution in [0.4, 0.5) is 10.5 Å². The number of rotatable bonds is 6. The molecule has 0 spiro atoms. The van der Waals surface area contributed by atoms with Crippen molar-refractivity contribution >= 4 is 29.2 Å². The highest BCUT2D eigenvalue weighted by molar-refractivity contribution is 6.30. The van der Waals surface area contributed by atoms with Crippen molar-refractivity contribution in [2.24, 2.45) is 16.8 Å². The monoisotopic (exact) mass is 312 g/mol. The molecule has 2 amide bonds. The topological polar surface area (TPSA) is 90.9 Å². The van der Waals surface area contributed by atoms with Crippen LogP contribution in [0.5, 0.6) is 0 Å². The minimum atomic E-state index is -0.239. The molecule has 0 radical (unpaired) electrons. The summed E-state index contributed by atoms with van der Waals surface area (Å²) < 4.78 is 0. The van der Waals surface area contributed by atoms with Crippen LogP contribution in [0.15, 0.2) is 29.4 Å². The van der Waals surface area contributed by atoms with Gasteiger partial charge in [0.1, 0.15) is 5.84 Å². The molecule has 7 heteroatoms. The van der Waals surface area contributed by atoms with Crippen molar-refractivity contribution in [3.05, 3.63) is 29.3 Å². The van der Waals surface area contributed by atoms with E-state index in [1.165, 1.54) is 0 Å². The lowest BCUT2D eigenvalue weighted by atomic mass is 10.2. The van der Waals surface area contributed by atoms with Crippen LogP contribution in [0.1, 0.15) is 20.3 Å². The van der Waals surface area contributed by atoms with E-state index in [4.69, 9.17) is 22.5 Å². The zero-order chi connectivity index (χ0) is 15.8. The van der Waals surface area contributed by atoms with E-state index in [9.17, 15) is 4.79 Å². The van der Waals surface area contributed by atoms with Gasteiger partial charge in [0.15, 0.2) is 0 Å². The van der Waals surface area contributed by atoms with Crippen LogP contribution < -0.4 is 11.1 Å². The van der Waals surface area contributed by atoms with Gasteiger partial charge in [-0.25, -0.2) is 4.79 Å². The zero-order valence-corrected chi connectivity index (χ0v) is 13.0. The van der Waals surface area contributed by atoms with E-state index in [1.54, 1.807) is 29.2 Å². The Morgan fingerprint density at radius 1 is 1.52 bits per heavy atom. The second kappa shape index (κ2) is 8.36. The van der Waals surface area contributed by atoms with Gasteiger partial charge in [0.25, 0.3) is 0 Å². The summed E-state index contributed by atoms with van der Waals surface area (Å²) in [5.74, 6) is 0.404. The standard InChI is InChI=1S/C14H21ClN4O2/c1-10(2)9-19(7-6-13(16)18-21)14(20)17-12-5-3-4-11(15)8-12/h3-5,8,10,21H,6-7,9H2,1-2H3,(H2,16,18)(H,17,20). The Balaban J connectivity index is 2.70. The minimum absolute atomic E-state index is 0.0966. The fourth-order valence-corrected chi connectivity index (χ4v) is 1.98. The van der Waals surface area contributed by atoms with Crippen molar-refractivity contribution in [3.63, 3.8) is 0 Å². The quantitative estimate of drug-likeness (QED) is 0.326. The summed E-state index contributed by atoms with van der Waals surface area (Å²) in [4.78, 5) is 13.9. The van der Waals surface area contributed by atoms with Crippen molar-refractivity contribution in [1.29, 1.82) is 0 Å². The highest BCUT2D eigenvalue weighted by Gasteiger charge is 2.15. The van der Waals surface area contributed by atoms with Gasteiger partial charge < -0.3 is 21.2 Å². The lowest BCUT2D eigenvalue weighted by molar-refractivity contribution is 0.206. The minimum Gasteiger partial charge on any atom is -0.409 e. The number of anilines is 1. The number of benzene rings is 1. The van der Waals surface area contributed by atoms with Crippen LogP contribution in [0.2, 0.25) is 5.02 Å². The maximum Gasteiger partial charge on any atom is 0.321 e. The maximum atomic E-state index is 12.3. The number of halogens is 1. The third-order valence-corrected chi connectivity index (χ3v) is 2.95. The Morgan fingerprint density at radius 3 is 2.81 bits per heavy atom. The Kier molecular flexibility index (Phi) is 6.81. The number of amidine groups is 1. The maximum absolute atomic E-state index is 12.3. The number of carbonyl (C=O) groups excluding carboxylic acids is 1. The molecular formula is C14H21ClN4O2. The first kappa shape index (κ1) is 17.1. The van der Waals surface area contributed by atoms with Gasteiger partial charge in [-0.2, -0.15) is 0 Å². The predicted octanol–water partition coefficient (Wildman–Crippen LogP) is 2.97. The molecule has 0 bridgehead atoms. The van der Waals surface area contributed by atoms with Crippen molar-refractivity contribution in [3.8, 4) is 0 Å². The van der Waals surface area contributed by atoms with E-state index < -0.39 is 0 Å². The van der Waals surface area contributed by atoms with E-state index in [0.29, 0.717) is 36.1 Å². The number of nitrogens with zero attached hydrogens (tertiary/aromatic N) is 2. The molecule has 0 aliphatic carbocycles. The van der Waals surface area contributed by atoms with E-state index >= 15 is 0 Å². The molecule has 1 aromatic rings. The summed E-state index contributed by atoms with van der Waals surface area (Å²) >= 11 is 5.89. The molecule has 0 atom stereocenters. The Bertz CT molecular complexity index is 506. The highest BCUT2D eigenvalue weighted by atomic mass is 35.5. The normalized spacial score (nSPS) is 11.5. The molecule has 0 aromatic heterocycles. The van der Waals surface area contributed by atoms with Gasteiger partial charge in [-0.3, -0.25) is 0 Å². The molecule has 116 valence electrons. The van der Waals surface area contributed by atoms with Crippen LogP contribution in [0.3, 0.4) is 0 Å². The first-order chi connectivity index (χ1) is 9.92. The van der Waals surface area contributed by atoms with Crippen LogP contribution in [-0.4, -0.2) is 35.1 Å². The van der Waals surface area contributed by atoms with Gasteiger partial charge in [0, 0.05) is 30.2 Å². The molecule has 0 unspecified atom stereocenters. The Labute approximate surface area is 129 Å². The molecule has 0 aliphatic heterocycles. The molecular weight excluding hydrogens is 292 g/mol. The van der Waals surface area contributed by atoms with Crippen molar-refractivity contribution in [2.75, 3.05) is 18.4 Å². The summed E-state index contributed by atoms with van der Waals surface area (Å²) in [5, 5.41) is 14.8. The summed E-state index contributed by atoms with van der Waals surface area (Å²) in [6.45, 7) is 4.98. The number of hydrogen-bond acceptors (Lipinski definition) is 3. The van der Waals surface area contributed by atoms with E-state index in [1.807, 2.05) is 13.8 Å². The van der Waals surface area contributed by atoms with Gasteiger partial charge in [-0.1, -0.05) is 36.7 Å². The van der Waals surface area contributed by atoms with Gasteiger partial charge >= 0.3 is 6.03 Å². The highest BCUT2D eigenvalue weighted by Crippen LogP contribution is 2.15. The first-order valence-corrected chi connectivity index (χ1v) is 7.08. The molecule has 1 aromatic carbocycles. The average Bonchev–Trinajstić information content (AvgIpc) is 2.42. The summed E-state index contributed by atoms with van der Waals surface area (Å²) in [6, 6.07) is 6.71. The van der Waals surface area contributed by atoms with Gasteiger partial charge in [0.2, 0.25) is 0 Å². The number of oxime groups is 1. The first-order valence-electron chi connectivity index (χ1n) is 6.70. The predicted molar refractivity (Wildman–Crippen MR) is 84.9 cm³/mol. The number of amides is 2. The summed E-state index contributed by atoms with van der Waals surface area (Å²) in [6.07, 6.45) is 0.312. The number of nitrogens with one attached hydrogen (secondary N) is 1. The lowest BCUT2D eigenvalue weighted by Gasteiger charge is -2.24. The van der Waals surface area contributed by atoms with Crippen molar-refractivity contribution in [2.45, 2.75) is 20.3 Å². The second-order valence-corrected chi connectivity index (χ2v) is 5.56. The SMILES string of the molecule is CC(C)CN(CCC(N)=NO)C(=O)Nc1cccc(Cl)c1. The largest absolute Gasteiger partial charge is 0.409 e. The summed E-state index contributed by atoms with van der Waals surface area (Å²) in [5.41, 5.74) is 6.08. The summed E-state index contributed by atoms with van der Waals surface area (Å²) in [7, 11) is 0. The zero-order valence-electron chi connectivity index (χ0n) is 12.2. The molecule has 0 saturated carbocycles. The molecule has 0 heterocycles. The number of carbonyl (C=O) groups is 1. The van der Waals surface area contributed by atoms with Crippen LogP contribution in [0.25, 0.3) is 0 Å². The van der Waals surface area contributed by atoms with Gasteiger partial charge in [-0.15, -0.1) is 0 Å². The van der Waals surface area contributed by atoms with Crippen LogP contribution in [0, 0.1) is 5.92 Å². The lowest BCUT2D eigenvalue weighted by Crippen LogP contribution is -2.39. The van der Waals surface area contributed by atoms with Gasteiger partial charge in [-0.05, 0) is 24.1 Å². The molecule has 0 saturated heterocycles. The second-order valence-electron chi connectivity index (χ2n) is 5.12.